The zero-order chi connectivity index (χ0) is 4.99. The van der Waals surface area contributed by atoms with E-state index < -0.39 is 6.23 Å². The van der Waals surface area contributed by atoms with Gasteiger partial charge >= 0.3 is 0 Å². The van der Waals surface area contributed by atoms with E-state index in [-0.39, 0.29) is 0 Å². The third kappa shape index (κ3) is 2.04. The molecule has 0 heterocycles. The van der Waals surface area contributed by atoms with Crippen molar-refractivity contribution in [3.05, 3.63) is 0 Å². The summed E-state index contributed by atoms with van der Waals surface area (Å²) in [6.07, 6.45) is 3.93. The van der Waals surface area contributed by atoms with E-state index in [9.17, 15) is 0 Å². The third-order valence-corrected chi connectivity index (χ3v) is 0.452. The molecular formula is C3H4ClNO. The van der Waals surface area contributed by atoms with E-state index in [4.69, 9.17) is 12.2 Å². The first kappa shape index (κ1) is 5.77. The normalized spacial score (nSPS) is 12.8. The largest absolute Gasteiger partial charge is 0.294 e. The summed E-state index contributed by atoms with van der Waals surface area (Å²) < 4.78 is 3.91. The van der Waals surface area contributed by atoms with Crippen molar-refractivity contribution >= 4 is 11.9 Å². The fourth-order valence-corrected chi connectivity index (χ4v) is 0.0772. The Balaban J connectivity index is 3.04. The Morgan fingerprint density at radius 2 is 2.50 bits per heavy atom. The van der Waals surface area contributed by atoms with Gasteiger partial charge in [0.2, 0.25) is 0 Å². The van der Waals surface area contributed by atoms with E-state index >= 15 is 0 Å². The fraction of sp³-hybridized carbons (Fsp3) is 0.333. The third-order valence-electron chi connectivity index (χ3n) is 0.260. The van der Waals surface area contributed by atoms with Gasteiger partial charge in [0.25, 0.3) is 0 Å². The number of rotatable bonds is 1. The molecule has 0 aliphatic heterocycles. The van der Waals surface area contributed by atoms with Gasteiger partial charge in [0.05, 0.1) is 11.9 Å². The molecule has 0 aromatic heterocycles. The summed E-state index contributed by atoms with van der Waals surface area (Å²) >= 11 is 4.68. The van der Waals surface area contributed by atoms with Gasteiger partial charge in [0, 0.05) is 0 Å². The lowest BCUT2D eigenvalue weighted by atomic mass is 10.6. The van der Waals surface area contributed by atoms with Gasteiger partial charge in [-0.15, -0.1) is 6.42 Å². The molecule has 0 aromatic rings. The van der Waals surface area contributed by atoms with Gasteiger partial charge in [-0.25, -0.2) is 4.29 Å². The van der Waals surface area contributed by atoms with Crippen molar-refractivity contribution in [2.75, 3.05) is 0 Å². The molecule has 0 saturated carbocycles. The zero-order valence-corrected chi connectivity index (χ0v) is 3.77. The van der Waals surface area contributed by atoms with Gasteiger partial charge in [-0.05, 0) is 0 Å². The highest BCUT2D eigenvalue weighted by molar-refractivity contribution is 6.07. The molecular weight excluding hydrogens is 101 g/mol. The average Bonchev–Trinajstić information content (AvgIpc) is 1.65. The second kappa shape index (κ2) is 2.98. The number of hydrogen-bond acceptors (Lipinski definition) is 2. The molecule has 6 heavy (non-hydrogen) atoms. The summed E-state index contributed by atoms with van der Waals surface area (Å²) in [7, 11) is 0. The first-order chi connectivity index (χ1) is 2.81. The second-order valence-corrected chi connectivity index (χ2v) is 0.855. The van der Waals surface area contributed by atoms with Crippen molar-refractivity contribution in [3.63, 3.8) is 0 Å². The molecule has 3 heteroatoms. The second-order valence-electron chi connectivity index (χ2n) is 0.676. The van der Waals surface area contributed by atoms with Crippen LogP contribution in [0, 0.1) is 12.3 Å². The Kier molecular flexibility index (Phi) is 2.87. The van der Waals surface area contributed by atoms with Gasteiger partial charge < -0.3 is 0 Å². The van der Waals surface area contributed by atoms with Crippen LogP contribution < -0.4 is 5.73 Å². The monoisotopic (exact) mass is 105 g/mol. The highest BCUT2D eigenvalue weighted by Gasteiger charge is 1.87. The van der Waals surface area contributed by atoms with E-state index in [1.165, 1.54) is 0 Å². The molecule has 0 aromatic carbocycles. The first-order valence-corrected chi connectivity index (χ1v) is 1.61. The lowest BCUT2D eigenvalue weighted by Crippen LogP contribution is -2.16. The van der Waals surface area contributed by atoms with Crippen molar-refractivity contribution in [3.8, 4) is 12.3 Å². The Morgan fingerprint density at radius 3 is 2.50 bits per heavy atom. The smallest absolute Gasteiger partial charge is 0.188 e. The molecule has 0 fully saturated rings. The van der Waals surface area contributed by atoms with E-state index in [0.717, 1.165) is 0 Å². The van der Waals surface area contributed by atoms with Gasteiger partial charge in [-0.2, -0.15) is 0 Å². The molecule has 0 rings (SSSR count). The maximum atomic E-state index is 4.88. The van der Waals surface area contributed by atoms with Crippen LogP contribution in [0.3, 0.4) is 0 Å². The zero-order valence-electron chi connectivity index (χ0n) is 3.02. The summed E-state index contributed by atoms with van der Waals surface area (Å²) in [6, 6.07) is 0. The number of hydrogen-bond donors (Lipinski definition) is 1. The van der Waals surface area contributed by atoms with Crippen LogP contribution in [0.4, 0.5) is 0 Å². The molecule has 0 bridgehead atoms. The molecule has 1 atom stereocenters. The van der Waals surface area contributed by atoms with Gasteiger partial charge in [0.1, 0.15) is 0 Å². The van der Waals surface area contributed by atoms with Crippen LogP contribution in [-0.4, -0.2) is 6.23 Å². The summed E-state index contributed by atoms with van der Waals surface area (Å²) in [4.78, 5) is 0. The van der Waals surface area contributed by atoms with E-state index in [0.29, 0.717) is 0 Å². The van der Waals surface area contributed by atoms with Crippen LogP contribution in [0.25, 0.3) is 0 Å². The molecule has 0 radical (unpaired) electrons. The summed E-state index contributed by atoms with van der Waals surface area (Å²) in [5.41, 5.74) is 4.88. The van der Waals surface area contributed by atoms with Crippen LogP contribution in [0.15, 0.2) is 0 Å². The fourth-order valence-electron chi connectivity index (χ4n) is 0.0257. The van der Waals surface area contributed by atoms with Crippen LogP contribution in [0.1, 0.15) is 0 Å². The van der Waals surface area contributed by atoms with Crippen molar-refractivity contribution in [1.29, 1.82) is 0 Å². The van der Waals surface area contributed by atoms with Crippen LogP contribution in [-0.2, 0) is 4.29 Å². The predicted molar refractivity (Wildman–Crippen MR) is 23.7 cm³/mol. The Hall–Kier alpha value is -0.230. The maximum absolute atomic E-state index is 4.88. The molecule has 0 aliphatic carbocycles. The van der Waals surface area contributed by atoms with Gasteiger partial charge in [0.15, 0.2) is 6.23 Å². The van der Waals surface area contributed by atoms with Crippen molar-refractivity contribution in [2.45, 2.75) is 6.23 Å². The Bertz CT molecular complexity index is 67.7. The topological polar surface area (TPSA) is 35.2 Å². The molecule has 34 valence electrons. The van der Waals surface area contributed by atoms with Gasteiger partial charge in [-0.3, -0.25) is 5.73 Å². The Morgan fingerprint density at radius 1 is 2.00 bits per heavy atom. The number of terminal acetylenes is 1. The summed E-state index contributed by atoms with van der Waals surface area (Å²) in [5, 5.41) is 0. The molecule has 0 aliphatic rings. The molecule has 2 N–H and O–H groups in total. The quantitative estimate of drug-likeness (QED) is 0.379. The molecule has 0 amide bonds. The highest BCUT2D eigenvalue weighted by atomic mass is 35.5. The highest BCUT2D eigenvalue weighted by Crippen LogP contribution is 1.80. The number of nitrogens with two attached hydrogens (primary N) is 1. The van der Waals surface area contributed by atoms with Crippen LogP contribution in [0.5, 0.6) is 0 Å². The van der Waals surface area contributed by atoms with Crippen LogP contribution in [0.2, 0.25) is 0 Å². The molecule has 2 nitrogen and oxygen atoms in total. The minimum atomic E-state index is -0.772. The SMILES string of the molecule is C#CC(N)OCl. The maximum Gasteiger partial charge on any atom is 0.188 e. The van der Waals surface area contributed by atoms with Crippen molar-refractivity contribution in [2.24, 2.45) is 5.73 Å². The standard InChI is InChI=1S/C3H4ClNO/c1-2-3(5)6-4/h1,3H,5H2. The van der Waals surface area contributed by atoms with Gasteiger partial charge in [-0.1, -0.05) is 5.92 Å². The summed E-state index contributed by atoms with van der Waals surface area (Å²) in [5.74, 6) is 2.04. The average molecular weight is 106 g/mol. The molecule has 0 saturated heterocycles. The van der Waals surface area contributed by atoms with Crippen LogP contribution >= 0.6 is 11.9 Å². The van der Waals surface area contributed by atoms with Crippen molar-refractivity contribution < 1.29 is 4.29 Å². The first-order valence-electron chi connectivity index (χ1n) is 1.30. The Labute approximate surface area is 41.4 Å². The van der Waals surface area contributed by atoms with E-state index in [1.807, 2.05) is 5.92 Å². The number of halogens is 1. The minimum Gasteiger partial charge on any atom is -0.294 e. The van der Waals surface area contributed by atoms with E-state index in [1.54, 1.807) is 0 Å². The van der Waals surface area contributed by atoms with E-state index in [2.05, 4.69) is 16.2 Å². The lowest BCUT2D eigenvalue weighted by Gasteiger charge is -1.90. The molecule has 0 spiro atoms. The molecule has 1 unspecified atom stereocenters. The lowest BCUT2D eigenvalue weighted by molar-refractivity contribution is 0.296. The summed E-state index contributed by atoms with van der Waals surface area (Å²) in [6.45, 7) is 0. The predicted octanol–water partition coefficient (Wildman–Crippen LogP) is 0.0748. The minimum absolute atomic E-state index is 0.772. The van der Waals surface area contributed by atoms with Crippen molar-refractivity contribution in [1.82, 2.24) is 0 Å².